The molecule has 14 heavy (non-hydrogen) atoms. The van der Waals surface area contributed by atoms with Gasteiger partial charge < -0.3 is 14.2 Å². The SMILES string of the molecule is C=C1OCC1C.COC1CCCCO1. The molecule has 0 amide bonds. The Kier molecular flexibility index (Phi) is 4.98. The highest BCUT2D eigenvalue weighted by molar-refractivity contribution is 4.96. The Morgan fingerprint density at radius 1 is 1.43 bits per heavy atom. The van der Waals surface area contributed by atoms with Crippen LogP contribution in [0, 0.1) is 5.92 Å². The number of hydrogen-bond acceptors (Lipinski definition) is 3. The summed E-state index contributed by atoms with van der Waals surface area (Å²) in [5.41, 5.74) is 0. The summed E-state index contributed by atoms with van der Waals surface area (Å²) in [6.07, 6.45) is 3.60. The summed E-state index contributed by atoms with van der Waals surface area (Å²) in [5, 5.41) is 0. The molecule has 2 aliphatic heterocycles. The summed E-state index contributed by atoms with van der Waals surface area (Å²) in [6.45, 7) is 7.47. The molecule has 0 bridgehead atoms. The first-order chi connectivity index (χ1) is 6.74. The van der Waals surface area contributed by atoms with Crippen LogP contribution in [-0.2, 0) is 14.2 Å². The van der Waals surface area contributed by atoms with Crippen molar-refractivity contribution in [2.45, 2.75) is 32.5 Å². The monoisotopic (exact) mass is 200 g/mol. The predicted octanol–water partition coefficient (Wildman–Crippen LogP) is 2.33. The van der Waals surface area contributed by atoms with Crippen molar-refractivity contribution in [2.75, 3.05) is 20.3 Å². The zero-order valence-electron chi connectivity index (χ0n) is 9.12. The van der Waals surface area contributed by atoms with Crippen LogP contribution in [0.25, 0.3) is 0 Å². The van der Waals surface area contributed by atoms with Gasteiger partial charge in [0.05, 0.1) is 12.4 Å². The minimum absolute atomic E-state index is 0.0868. The van der Waals surface area contributed by atoms with Gasteiger partial charge in [0, 0.05) is 19.6 Å². The van der Waals surface area contributed by atoms with Gasteiger partial charge in [-0.1, -0.05) is 13.5 Å². The predicted molar refractivity (Wildman–Crippen MR) is 54.9 cm³/mol. The van der Waals surface area contributed by atoms with Gasteiger partial charge in [0.2, 0.25) is 0 Å². The van der Waals surface area contributed by atoms with Crippen LogP contribution in [0.4, 0.5) is 0 Å². The minimum atomic E-state index is 0.0868. The Balaban J connectivity index is 0.000000146. The van der Waals surface area contributed by atoms with Crippen LogP contribution in [0.5, 0.6) is 0 Å². The second-order valence-corrected chi connectivity index (χ2v) is 3.71. The summed E-state index contributed by atoms with van der Waals surface area (Å²) in [6, 6.07) is 0. The van der Waals surface area contributed by atoms with E-state index in [9.17, 15) is 0 Å². The zero-order valence-corrected chi connectivity index (χ0v) is 9.12. The van der Waals surface area contributed by atoms with E-state index in [-0.39, 0.29) is 6.29 Å². The Hall–Kier alpha value is -0.540. The summed E-state index contributed by atoms with van der Waals surface area (Å²) in [4.78, 5) is 0. The maximum atomic E-state index is 5.20. The third-order valence-electron chi connectivity index (χ3n) is 2.47. The normalized spacial score (nSPS) is 30.9. The average Bonchev–Trinajstić information content (AvgIpc) is 2.28. The second kappa shape index (κ2) is 6.04. The molecule has 0 saturated carbocycles. The highest BCUT2D eigenvalue weighted by Crippen LogP contribution is 2.20. The van der Waals surface area contributed by atoms with Crippen molar-refractivity contribution < 1.29 is 14.2 Å². The lowest BCUT2D eigenvalue weighted by molar-refractivity contribution is -0.145. The van der Waals surface area contributed by atoms with Gasteiger partial charge in [-0.3, -0.25) is 0 Å². The van der Waals surface area contributed by atoms with E-state index in [1.165, 1.54) is 12.8 Å². The molecular formula is C11H20O3. The molecular weight excluding hydrogens is 180 g/mol. The Labute approximate surface area is 86.0 Å². The summed E-state index contributed by atoms with van der Waals surface area (Å²) in [5.74, 6) is 1.56. The van der Waals surface area contributed by atoms with E-state index < -0.39 is 0 Å². The maximum Gasteiger partial charge on any atom is 0.157 e. The van der Waals surface area contributed by atoms with Crippen LogP contribution in [-0.4, -0.2) is 26.6 Å². The third kappa shape index (κ3) is 3.68. The number of hydrogen-bond donors (Lipinski definition) is 0. The molecule has 2 unspecified atom stereocenters. The molecule has 0 N–H and O–H groups in total. The Bertz CT molecular complexity index is 173. The standard InChI is InChI=1S/C6H12O2.C5H8O/c1-7-6-4-2-3-5-8-6;1-4-3-6-5(4)2/h6H,2-5H2,1H3;4H,2-3H2,1H3. The molecule has 2 aliphatic rings. The Morgan fingerprint density at radius 2 is 2.14 bits per heavy atom. The van der Waals surface area contributed by atoms with Crippen molar-refractivity contribution in [3.8, 4) is 0 Å². The first-order valence-electron chi connectivity index (χ1n) is 5.20. The molecule has 0 aromatic carbocycles. The fraction of sp³-hybridized carbons (Fsp3) is 0.818. The molecule has 2 heterocycles. The lowest BCUT2D eigenvalue weighted by Crippen LogP contribution is -2.20. The van der Waals surface area contributed by atoms with Gasteiger partial charge in [0.15, 0.2) is 6.29 Å². The van der Waals surface area contributed by atoms with E-state index in [1.807, 2.05) is 0 Å². The van der Waals surface area contributed by atoms with E-state index in [1.54, 1.807) is 7.11 Å². The van der Waals surface area contributed by atoms with Crippen molar-refractivity contribution in [2.24, 2.45) is 5.92 Å². The molecule has 0 spiro atoms. The van der Waals surface area contributed by atoms with Gasteiger partial charge >= 0.3 is 0 Å². The number of ether oxygens (including phenoxy) is 3. The molecule has 2 saturated heterocycles. The average molecular weight is 200 g/mol. The van der Waals surface area contributed by atoms with Gasteiger partial charge in [-0.15, -0.1) is 0 Å². The largest absolute Gasteiger partial charge is 0.497 e. The van der Waals surface area contributed by atoms with Gasteiger partial charge in [-0.25, -0.2) is 0 Å². The zero-order chi connectivity index (χ0) is 10.4. The first kappa shape index (κ1) is 11.5. The molecule has 0 aromatic heterocycles. The fourth-order valence-corrected chi connectivity index (χ4v) is 1.26. The van der Waals surface area contributed by atoms with Gasteiger partial charge in [-0.05, 0) is 19.3 Å². The number of rotatable bonds is 1. The van der Waals surface area contributed by atoms with Crippen LogP contribution in [0.1, 0.15) is 26.2 Å². The molecule has 0 aromatic rings. The molecule has 2 atom stereocenters. The van der Waals surface area contributed by atoms with Crippen LogP contribution < -0.4 is 0 Å². The summed E-state index contributed by atoms with van der Waals surface area (Å²) >= 11 is 0. The molecule has 2 fully saturated rings. The fourth-order valence-electron chi connectivity index (χ4n) is 1.26. The van der Waals surface area contributed by atoms with Crippen molar-refractivity contribution in [3.05, 3.63) is 12.3 Å². The molecule has 3 nitrogen and oxygen atoms in total. The van der Waals surface area contributed by atoms with Crippen molar-refractivity contribution in [1.29, 1.82) is 0 Å². The van der Waals surface area contributed by atoms with Gasteiger partial charge in [0.1, 0.15) is 0 Å². The van der Waals surface area contributed by atoms with Crippen molar-refractivity contribution in [3.63, 3.8) is 0 Å². The van der Waals surface area contributed by atoms with E-state index in [0.717, 1.165) is 25.4 Å². The molecule has 2 rings (SSSR count). The molecule has 3 heteroatoms. The minimum Gasteiger partial charge on any atom is -0.497 e. The van der Waals surface area contributed by atoms with Gasteiger partial charge in [0.25, 0.3) is 0 Å². The van der Waals surface area contributed by atoms with E-state index in [0.29, 0.717) is 5.92 Å². The van der Waals surface area contributed by atoms with Crippen LogP contribution in [0.3, 0.4) is 0 Å². The first-order valence-corrected chi connectivity index (χ1v) is 5.20. The Morgan fingerprint density at radius 3 is 2.36 bits per heavy atom. The summed E-state index contributed by atoms with van der Waals surface area (Å²) in [7, 11) is 1.69. The van der Waals surface area contributed by atoms with Gasteiger partial charge in [-0.2, -0.15) is 0 Å². The van der Waals surface area contributed by atoms with Crippen LogP contribution in [0.15, 0.2) is 12.3 Å². The third-order valence-corrected chi connectivity index (χ3v) is 2.47. The van der Waals surface area contributed by atoms with Crippen LogP contribution in [0.2, 0.25) is 0 Å². The van der Waals surface area contributed by atoms with Crippen molar-refractivity contribution in [1.82, 2.24) is 0 Å². The quantitative estimate of drug-likeness (QED) is 0.650. The number of methoxy groups -OCH3 is 1. The smallest absolute Gasteiger partial charge is 0.157 e. The highest BCUT2D eigenvalue weighted by atomic mass is 16.7. The molecule has 0 radical (unpaired) electrons. The topological polar surface area (TPSA) is 27.7 Å². The van der Waals surface area contributed by atoms with E-state index in [4.69, 9.17) is 14.2 Å². The van der Waals surface area contributed by atoms with E-state index >= 15 is 0 Å². The lowest BCUT2D eigenvalue weighted by atomic mass is 10.1. The van der Waals surface area contributed by atoms with E-state index in [2.05, 4.69) is 13.5 Å². The maximum absolute atomic E-state index is 5.20. The summed E-state index contributed by atoms with van der Waals surface area (Å²) < 4.78 is 15.0. The van der Waals surface area contributed by atoms with Crippen molar-refractivity contribution >= 4 is 0 Å². The van der Waals surface area contributed by atoms with Crippen LogP contribution >= 0.6 is 0 Å². The second-order valence-electron chi connectivity index (χ2n) is 3.71. The lowest BCUT2D eigenvalue weighted by Gasteiger charge is -2.25. The molecule has 0 aliphatic carbocycles. The highest BCUT2D eigenvalue weighted by Gasteiger charge is 2.17. The molecule has 82 valence electrons.